The summed E-state index contributed by atoms with van der Waals surface area (Å²) in [6.07, 6.45) is 6.58. The molecule has 5 heteroatoms. The highest BCUT2D eigenvalue weighted by Crippen LogP contribution is 2.66. The number of Topliss-reactive ketones (excluding diaryl/α,β-unsaturated/α-hetero) is 2. The summed E-state index contributed by atoms with van der Waals surface area (Å²) in [6, 6.07) is 0.110. The first-order chi connectivity index (χ1) is 15.0. The summed E-state index contributed by atoms with van der Waals surface area (Å²) >= 11 is 0. The van der Waals surface area contributed by atoms with Gasteiger partial charge in [-0.3, -0.25) is 14.5 Å². The lowest BCUT2D eigenvalue weighted by molar-refractivity contribution is -0.175. The fourth-order valence-corrected chi connectivity index (χ4v) is 9.62. The summed E-state index contributed by atoms with van der Waals surface area (Å²) in [5.74, 6) is 2.15. The van der Waals surface area contributed by atoms with E-state index in [1.165, 1.54) is 0 Å². The van der Waals surface area contributed by atoms with Gasteiger partial charge < -0.3 is 9.84 Å². The summed E-state index contributed by atoms with van der Waals surface area (Å²) < 4.78 is 5.96. The Morgan fingerprint density at radius 1 is 1.06 bits per heavy atom. The van der Waals surface area contributed by atoms with Crippen LogP contribution in [0.1, 0.15) is 79.6 Å². The van der Waals surface area contributed by atoms with Crippen LogP contribution in [0.2, 0.25) is 0 Å². The van der Waals surface area contributed by atoms with Crippen LogP contribution >= 0.6 is 0 Å². The Bertz CT molecular complexity index is 774. The van der Waals surface area contributed by atoms with Crippen molar-refractivity contribution < 1.29 is 19.4 Å². The van der Waals surface area contributed by atoms with Crippen molar-refractivity contribution in [2.45, 2.75) is 104 Å². The molecule has 4 aliphatic carbocycles. The van der Waals surface area contributed by atoms with Crippen molar-refractivity contribution in [3.63, 3.8) is 0 Å². The molecule has 5 rings (SSSR count). The predicted octanol–water partition coefficient (Wildman–Crippen LogP) is 3.86. The number of ketones is 2. The number of morpholine rings is 1. The van der Waals surface area contributed by atoms with Crippen LogP contribution in [0.25, 0.3) is 0 Å². The molecule has 0 spiro atoms. The Morgan fingerprint density at radius 3 is 2.41 bits per heavy atom. The van der Waals surface area contributed by atoms with Gasteiger partial charge in [0.2, 0.25) is 0 Å². The van der Waals surface area contributed by atoms with Crippen LogP contribution in [0.4, 0.5) is 0 Å². The van der Waals surface area contributed by atoms with Crippen LogP contribution in [-0.2, 0) is 14.3 Å². The van der Waals surface area contributed by atoms with Crippen LogP contribution in [0, 0.1) is 40.4 Å². The molecule has 5 unspecified atom stereocenters. The molecule has 1 saturated heterocycles. The third kappa shape index (κ3) is 3.36. The second kappa shape index (κ2) is 7.88. The number of hydrogen-bond acceptors (Lipinski definition) is 5. The van der Waals surface area contributed by atoms with E-state index in [-0.39, 0.29) is 52.8 Å². The summed E-state index contributed by atoms with van der Waals surface area (Å²) in [5, 5.41) is 11.2. The van der Waals surface area contributed by atoms with Gasteiger partial charge in [0.25, 0.3) is 0 Å². The zero-order chi connectivity index (χ0) is 23.0. The zero-order valence-corrected chi connectivity index (χ0v) is 20.7. The second-order valence-corrected chi connectivity index (χ2v) is 12.7. The molecule has 1 aliphatic heterocycles. The van der Waals surface area contributed by atoms with Gasteiger partial charge in [-0.2, -0.15) is 0 Å². The van der Waals surface area contributed by atoms with E-state index >= 15 is 0 Å². The maximum absolute atomic E-state index is 13.9. The highest BCUT2D eigenvalue weighted by molar-refractivity contribution is 5.87. The standard InChI is InChI=1S/C27H43NO4/c1-15-13-28(14-16(2)32-15)22-11-26(4)18(10-23(22)30)6-7-19-21-9-8-20(17(3)29)27(21,5)12-24(31)25(19)26/h15-16,18-23,25,30H,6-14H2,1-5H3/t15?,16?,18?,19-,20+,21-,22?,23?,25+,26-,27+/m0/s1. The van der Waals surface area contributed by atoms with Gasteiger partial charge in [-0.05, 0) is 87.9 Å². The van der Waals surface area contributed by atoms with Crippen molar-refractivity contribution in [1.29, 1.82) is 0 Å². The minimum absolute atomic E-state index is 0.0513. The molecule has 4 saturated carbocycles. The fourth-order valence-electron chi connectivity index (χ4n) is 9.62. The summed E-state index contributed by atoms with van der Waals surface area (Å²) in [4.78, 5) is 28.7. The molecule has 5 fully saturated rings. The predicted molar refractivity (Wildman–Crippen MR) is 123 cm³/mol. The minimum Gasteiger partial charge on any atom is -0.391 e. The molecule has 1 N–H and O–H groups in total. The molecule has 180 valence electrons. The van der Waals surface area contributed by atoms with Gasteiger partial charge in [-0.15, -0.1) is 0 Å². The minimum atomic E-state index is -0.320. The van der Waals surface area contributed by atoms with Crippen molar-refractivity contribution in [3.05, 3.63) is 0 Å². The van der Waals surface area contributed by atoms with Crippen LogP contribution < -0.4 is 0 Å². The molecule has 0 bridgehead atoms. The molecule has 0 aromatic rings. The van der Waals surface area contributed by atoms with Gasteiger partial charge in [0.15, 0.2) is 0 Å². The summed E-state index contributed by atoms with van der Waals surface area (Å²) in [6.45, 7) is 12.3. The van der Waals surface area contributed by atoms with E-state index in [1.54, 1.807) is 6.92 Å². The Kier molecular flexibility index (Phi) is 5.66. The molecule has 1 heterocycles. The number of fused-ring (bicyclic) bond motifs is 5. The third-order valence-electron chi connectivity index (χ3n) is 10.8. The number of carbonyl (C=O) groups excluding carboxylic acids is 2. The zero-order valence-electron chi connectivity index (χ0n) is 20.7. The van der Waals surface area contributed by atoms with Crippen molar-refractivity contribution in [1.82, 2.24) is 4.90 Å². The van der Waals surface area contributed by atoms with E-state index in [4.69, 9.17) is 4.74 Å². The first-order valence-electron chi connectivity index (χ1n) is 13.2. The molecule has 5 nitrogen and oxygen atoms in total. The summed E-state index contributed by atoms with van der Waals surface area (Å²) in [5.41, 5.74) is -0.194. The Morgan fingerprint density at radius 2 is 1.75 bits per heavy atom. The van der Waals surface area contributed by atoms with Gasteiger partial charge in [-0.25, -0.2) is 0 Å². The lowest BCUT2D eigenvalue weighted by Crippen LogP contribution is -2.63. The van der Waals surface area contributed by atoms with E-state index in [0.29, 0.717) is 30.0 Å². The van der Waals surface area contributed by atoms with Gasteiger partial charge in [0.1, 0.15) is 11.6 Å². The van der Waals surface area contributed by atoms with Crippen LogP contribution in [0.3, 0.4) is 0 Å². The number of nitrogens with zero attached hydrogens (tertiary/aromatic N) is 1. The number of rotatable bonds is 2. The van der Waals surface area contributed by atoms with Gasteiger partial charge in [0, 0.05) is 37.4 Å². The molecule has 0 amide bonds. The first kappa shape index (κ1) is 23.0. The summed E-state index contributed by atoms with van der Waals surface area (Å²) in [7, 11) is 0. The molecule has 0 aromatic carbocycles. The molecule has 5 aliphatic rings. The number of hydrogen-bond donors (Lipinski definition) is 1. The maximum Gasteiger partial charge on any atom is 0.137 e. The lowest BCUT2D eigenvalue weighted by Gasteiger charge is -2.61. The smallest absolute Gasteiger partial charge is 0.137 e. The SMILES string of the molecule is CC(=O)[C@H]1CC[C@H]2[C@@H]3CCC4CC(O)C(N5CC(C)OC(C)C5)C[C@]4(C)[C@H]3C(=O)C[C@]12C. The number of aliphatic hydroxyl groups excluding tert-OH is 1. The lowest BCUT2D eigenvalue weighted by atomic mass is 9.43. The van der Waals surface area contributed by atoms with E-state index in [9.17, 15) is 14.7 Å². The normalized spacial score (nSPS) is 53.9. The van der Waals surface area contributed by atoms with Crippen LogP contribution in [0.15, 0.2) is 0 Å². The maximum atomic E-state index is 13.9. The van der Waals surface area contributed by atoms with Crippen molar-refractivity contribution in [3.8, 4) is 0 Å². The number of ether oxygens (including phenoxy) is 1. The van der Waals surface area contributed by atoms with Crippen molar-refractivity contribution in [2.75, 3.05) is 13.1 Å². The molecule has 0 aromatic heterocycles. The highest BCUT2D eigenvalue weighted by Gasteiger charge is 2.64. The second-order valence-electron chi connectivity index (χ2n) is 12.7. The number of aliphatic hydroxyl groups is 1. The molecule has 11 atom stereocenters. The van der Waals surface area contributed by atoms with Crippen molar-refractivity contribution in [2.24, 2.45) is 40.4 Å². The molecular formula is C27H43NO4. The Labute approximate surface area is 193 Å². The topological polar surface area (TPSA) is 66.8 Å². The van der Waals surface area contributed by atoms with Crippen LogP contribution in [-0.4, -0.2) is 59.0 Å². The van der Waals surface area contributed by atoms with E-state index in [2.05, 4.69) is 32.6 Å². The van der Waals surface area contributed by atoms with E-state index in [1.807, 2.05) is 0 Å². The van der Waals surface area contributed by atoms with Gasteiger partial charge >= 0.3 is 0 Å². The van der Waals surface area contributed by atoms with Crippen molar-refractivity contribution >= 4 is 11.6 Å². The monoisotopic (exact) mass is 445 g/mol. The largest absolute Gasteiger partial charge is 0.391 e. The molecular weight excluding hydrogens is 402 g/mol. The first-order valence-corrected chi connectivity index (χ1v) is 13.2. The number of carbonyl (C=O) groups is 2. The van der Waals surface area contributed by atoms with E-state index in [0.717, 1.165) is 51.6 Å². The Balaban J connectivity index is 1.44. The van der Waals surface area contributed by atoms with Gasteiger partial charge in [-0.1, -0.05) is 13.8 Å². The van der Waals surface area contributed by atoms with Crippen LogP contribution in [0.5, 0.6) is 0 Å². The average Bonchev–Trinajstić information content (AvgIpc) is 3.03. The quantitative estimate of drug-likeness (QED) is 0.699. The van der Waals surface area contributed by atoms with E-state index < -0.39 is 0 Å². The highest BCUT2D eigenvalue weighted by atomic mass is 16.5. The fraction of sp³-hybridized carbons (Fsp3) is 0.926. The Hall–Kier alpha value is -0.780. The third-order valence-corrected chi connectivity index (χ3v) is 10.8. The molecule has 0 radical (unpaired) electrons. The molecule has 32 heavy (non-hydrogen) atoms. The average molecular weight is 446 g/mol. The van der Waals surface area contributed by atoms with Gasteiger partial charge in [0.05, 0.1) is 18.3 Å².